The number of hydrogen-bond acceptors (Lipinski definition) is 3. The predicted octanol–water partition coefficient (Wildman–Crippen LogP) is 3.14. The molecular formula is C16H24N2S. The molecule has 0 aliphatic carbocycles. The lowest BCUT2D eigenvalue weighted by Gasteiger charge is -2.36. The van der Waals surface area contributed by atoms with Crippen molar-refractivity contribution in [3.05, 3.63) is 30.3 Å². The summed E-state index contributed by atoms with van der Waals surface area (Å²) in [5.74, 6) is 2.68. The summed E-state index contributed by atoms with van der Waals surface area (Å²) >= 11 is 2.12. The Morgan fingerprint density at radius 2 is 1.79 bits per heavy atom. The zero-order chi connectivity index (χ0) is 12.9. The predicted molar refractivity (Wildman–Crippen MR) is 85.2 cm³/mol. The number of nitrogens with zero attached hydrogens (tertiary/aromatic N) is 1. The van der Waals surface area contributed by atoms with Gasteiger partial charge in [0.05, 0.1) is 0 Å². The van der Waals surface area contributed by atoms with E-state index in [1.165, 1.54) is 56.0 Å². The summed E-state index contributed by atoms with van der Waals surface area (Å²) < 4.78 is 0. The minimum atomic E-state index is 0.740. The normalized spacial score (nSPS) is 25.5. The standard InChI is InChI=1S/C16H24N2S/c1-2-6-16(7-3-1)18-10-8-14(9-11-18)17-15-5-4-12-19-13-15/h1-3,6-7,14-15,17H,4-5,8-13H2. The molecule has 2 nitrogen and oxygen atoms in total. The molecular weight excluding hydrogens is 252 g/mol. The molecule has 0 bridgehead atoms. The van der Waals surface area contributed by atoms with Gasteiger partial charge in [0.1, 0.15) is 0 Å². The number of anilines is 1. The van der Waals surface area contributed by atoms with Crippen molar-refractivity contribution >= 4 is 17.4 Å². The summed E-state index contributed by atoms with van der Waals surface area (Å²) in [6.45, 7) is 2.39. The maximum absolute atomic E-state index is 3.88. The van der Waals surface area contributed by atoms with E-state index in [-0.39, 0.29) is 0 Å². The number of thioether (sulfide) groups is 1. The molecule has 2 fully saturated rings. The lowest BCUT2D eigenvalue weighted by atomic mass is 10.0. The van der Waals surface area contributed by atoms with Crippen LogP contribution in [0.2, 0.25) is 0 Å². The molecule has 2 aliphatic rings. The van der Waals surface area contributed by atoms with Crippen LogP contribution < -0.4 is 10.2 Å². The van der Waals surface area contributed by atoms with Crippen LogP contribution in [0.25, 0.3) is 0 Å². The number of benzene rings is 1. The largest absolute Gasteiger partial charge is 0.371 e. The Kier molecular flexibility index (Phi) is 4.67. The molecule has 0 radical (unpaired) electrons. The second-order valence-electron chi connectivity index (χ2n) is 5.68. The van der Waals surface area contributed by atoms with Crippen LogP contribution in [-0.2, 0) is 0 Å². The van der Waals surface area contributed by atoms with Gasteiger partial charge in [-0.1, -0.05) is 18.2 Å². The van der Waals surface area contributed by atoms with E-state index in [2.05, 4.69) is 52.3 Å². The highest BCUT2D eigenvalue weighted by atomic mass is 32.2. The molecule has 1 N–H and O–H groups in total. The maximum atomic E-state index is 3.88. The number of rotatable bonds is 3. The SMILES string of the molecule is c1ccc(N2CCC(NC3CCCSC3)CC2)cc1. The molecule has 1 aromatic rings. The topological polar surface area (TPSA) is 15.3 Å². The van der Waals surface area contributed by atoms with Gasteiger partial charge in [-0.2, -0.15) is 11.8 Å². The van der Waals surface area contributed by atoms with Crippen molar-refractivity contribution in [2.75, 3.05) is 29.5 Å². The molecule has 0 amide bonds. The van der Waals surface area contributed by atoms with Crippen LogP contribution in [-0.4, -0.2) is 36.7 Å². The average Bonchev–Trinajstić information content (AvgIpc) is 2.50. The van der Waals surface area contributed by atoms with Crippen molar-refractivity contribution in [1.29, 1.82) is 0 Å². The molecule has 1 unspecified atom stereocenters. The zero-order valence-corrected chi connectivity index (χ0v) is 12.4. The molecule has 0 saturated carbocycles. The van der Waals surface area contributed by atoms with Gasteiger partial charge < -0.3 is 10.2 Å². The van der Waals surface area contributed by atoms with E-state index in [4.69, 9.17) is 0 Å². The van der Waals surface area contributed by atoms with Crippen molar-refractivity contribution < 1.29 is 0 Å². The van der Waals surface area contributed by atoms with E-state index in [1.807, 2.05) is 0 Å². The number of piperidine rings is 1. The molecule has 2 heterocycles. The van der Waals surface area contributed by atoms with Gasteiger partial charge in [-0.05, 0) is 43.6 Å². The third-order valence-corrected chi connectivity index (χ3v) is 5.46. The van der Waals surface area contributed by atoms with Gasteiger partial charge in [0.15, 0.2) is 0 Å². The molecule has 1 aromatic carbocycles. The van der Waals surface area contributed by atoms with Crippen LogP contribution in [0.15, 0.2) is 30.3 Å². The monoisotopic (exact) mass is 276 g/mol. The third kappa shape index (κ3) is 3.67. The highest BCUT2D eigenvalue weighted by Crippen LogP contribution is 2.22. The Bertz CT molecular complexity index is 368. The van der Waals surface area contributed by atoms with E-state index >= 15 is 0 Å². The molecule has 19 heavy (non-hydrogen) atoms. The summed E-state index contributed by atoms with van der Waals surface area (Å²) in [6, 6.07) is 12.3. The van der Waals surface area contributed by atoms with E-state index in [0.29, 0.717) is 0 Å². The van der Waals surface area contributed by atoms with Gasteiger partial charge in [-0.3, -0.25) is 0 Å². The molecule has 2 aliphatic heterocycles. The van der Waals surface area contributed by atoms with Gasteiger partial charge in [-0.15, -0.1) is 0 Å². The molecule has 104 valence electrons. The van der Waals surface area contributed by atoms with Gasteiger partial charge in [0, 0.05) is 36.6 Å². The smallest absolute Gasteiger partial charge is 0.0366 e. The minimum absolute atomic E-state index is 0.740. The molecule has 3 rings (SSSR count). The average molecular weight is 276 g/mol. The van der Waals surface area contributed by atoms with Crippen molar-refractivity contribution in [3.63, 3.8) is 0 Å². The summed E-state index contributed by atoms with van der Waals surface area (Å²) in [4.78, 5) is 2.52. The lowest BCUT2D eigenvalue weighted by Crippen LogP contribution is -2.47. The van der Waals surface area contributed by atoms with Gasteiger partial charge in [0.25, 0.3) is 0 Å². The van der Waals surface area contributed by atoms with E-state index < -0.39 is 0 Å². The van der Waals surface area contributed by atoms with Crippen LogP contribution in [0.4, 0.5) is 5.69 Å². The third-order valence-electron chi connectivity index (χ3n) is 4.25. The maximum Gasteiger partial charge on any atom is 0.0366 e. The molecule has 0 spiro atoms. The zero-order valence-electron chi connectivity index (χ0n) is 11.6. The number of para-hydroxylation sites is 1. The van der Waals surface area contributed by atoms with Gasteiger partial charge in [-0.25, -0.2) is 0 Å². The van der Waals surface area contributed by atoms with Crippen LogP contribution in [0.1, 0.15) is 25.7 Å². The Hall–Kier alpha value is -0.670. The number of hydrogen-bond donors (Lipinski definition) is 1. The Morgan fingerprint density at radius 3 is 2.47 bits per heavy atom. The number of nitrogens with one attached hydrogen (secondary N) is 1. The summed E-state index contributed by atoms with van der Waals surface area (Å²) in [5, 5.41) is 3.88. The molecule has 0 aromatic heterocycles. The van der Waals surface area contributed by atoms with Crippen molar-refractivity contribution in [2.24, 2.45) is 0 Å². The second-order valence-corrected chi connectivity index (χ2v) is 6.83. The fraction of sp³-hybridized carbons (Fsp3) is 0.625. The molecule has 2 saturated heterocycles. The van der Waals surface area contributed by atoms with Crippen LogP contribution in [0.5, 0.6) is 0 Å². The van der Waals surface area contributed by atoms with Crippen LogP contribution >= 0.6 is 11.8 Å². The van der Waals surface area contributed by atoms with Crippen molar-refractivity contribution in [3.8, 4) is 0 Å². The van der Waals surface area contributed by atoms with Crippen molar-refractivity contribution in [1.82, 2.24) is 5.32 Å². The van der Waals surface area contributed by atoms with Gasteiger partial charge in [0.2, 0.25) is 0 Å². The first-order valence-corrected chi connectivity index (χ1v) is 8.71. The Labute approximate surface area is 121 Å². The van der Waals surface area contributed by atoms with E-state index in [9.17, 15) is 0 Å². The summed E-state index contributed by atoms with van der Waals surface area (Å²) in [5.41, 5.74) is 1.38. The highest BCUT2D eigenvalue weighted by Gasteiger charge is 2.22. The highest BCUT2D eigenvalue weighted by molar-refractivity contribution is 7.99. The first-order chi connectivity index (χ1) is 9.42. The van der Waals surface area contributed by atoms with E-state index in [0.717, 1.165) is 12.1 Å². The summed E-state index contributed by atoms with van der Waals surface area (Å²) in [7, 11) is 0. The van der Waals surface area contributed by atoms with Crippen LogP contribution in [0.3, 0.4) is 0 Å². The van der Waals surface area contributed by atoms with Gasteiger partial charge >= 0.3 is 0 Å². The Balaban J connectivity index is 1.46. The lowest BCUT2D eigenvalue weighted by molar-refractivity contribution is 0.366. The second kappa shape index (κ2) is 6.67. The fourth-order valence-corrected chi connectivity index (χ4v) is 4.23. The fourth-order valence-electron chi connectivity index (χ4n) is 3.15. The first-order valence-electron chi connectivity index (χ1n) is 7.55. The minimum Gasteiger partial charge on any atom is -0.371 e. The first kappa shape index (κ1) is 13.3. The Morgan fingerprint density at radius 1 is 1.00 bits per heavy atom. The molecule has 3 heteroatoms. The summed E-state index contributed by atoms with van der Waals surface area (Å²) in [6.07, 6.45) is 5.35. The quantitative estimate of drug-likeness (QED) is 0.913. The van der Waals surface area contributed by atoms with Crippen molar-refractivity contribution in [2.45, 2.75) is 37.8 Å². The van der Waals surface area contributed by atoms with E-state index in [1.54, 1.807) is 0 Å². The van der Waals surface area contributed by atoms with Crippen LogP contribution in [0, 0.1) is 0 Å². The molecule has 1 atom stereocenters.